The Labute approximate surface area is 225 Å². The number of piperidine rings is 1. The van der Waals surface area contributed by atoms with E-state index in [1.54, 1.807) is 0 Å². The van der Waals surface area contributed by atoms with E-state index in [-0.39, 0.29) is 5.91 Å². The van der Waals surface area contributed by atoms with Gasteiger partial charge in [-0.15, -0.1) is 11.3 Å². The number of rotatable bonds is 6. The van der Waals surface area contributed by atoms with Crippen LogP contribution in [0, 0.1) is 11.8 Å². The standard InChI is InChI=1S/C30H41N5OS/c1-30-18-21(30)12-17-35(30)29-33-26-19-34(16-13-27(26)37-29)15-11-20-7-9-22(10-8-20)32-28(36)24-4-2-6-25-23(24)5-3-14-31-25/h6,14,20-22H,2-5,7-13,15-19H2,1H3,(H,32,36)/t20?,21?,22?,30-/m0/s1. The molecule has 4 heterocycles. The van der Waals surface area contributed by atoms with E-state index < -0.39 is 0 Å². The quantitative estimate of drug-likeness (QED) is 0.547. The predicted octanol–water partition coefficient (Wildman–Crippen LogP) is 5.39. The predicted molar refractivity (Wildman–Crippen MR) is 150 cm³/mol. The molecule has 1 N–H and O–H groups in total. The Hall–Kier alpha value is -1.99. The normalized spacial score (nSPS) is 33.1. The van der Waals surface area contributed by atoms with Crippen LogP contribution in [-0.2, 0) is 17.8 Å². The number of fused-ring (bicyclic) bond motifs is 3. The Balaban J connectivity index is 0.876. The number of hydrogen-bond acceptors (Lipinski definition) is 6. The summed E-state index contributed by atoms with van der Waals surface area (Å²) in [5, 5.41) is 4.69. The lowest BCUT2D eigenvalue weighted by atomic mass is 9.83. The van der Waals surface area contributed by atoms with E-state index in [4.69, 9.17) is 4.98 Å². The monoisotopic (exact) mass is 519 g/mol. The van der Waals surface area contributed by atoms with Gasteiger partial charge in [0.25, 0.3) is 0 Å². The van der Waals surface area contributed by atoms with E-state index in [2.05, 4.69) is 33.1 Å². The molecule has 1 saturated heterocycles. The molecule has 3 fully saturated rings. The summed E-state index contributed by atoms with van der Waals surface area (Å²) in [5.74, 6) is 1.87. The number of aliphatic imine (C=N–C) groups is 1. The highest BCUT2D eigenvalue weighted by atomic mass is 32.1. The molecule has 1 aromatic rings. The second-order valence-corrected chi connectivity index (χ2v) is 13.6. The number of anilines is 1. The average molecular weight is 520 g/mol. The zero-order valence-electron chi connectivity index (χ0n) is 22.3. The molecule has 1 amide bonds. The van der Waals surface area contributed by atoms with E-state index >= 15 is 0 Å². The van der Waals surface area contributed by atoms with Crippen LogP contribution in [-0.4, -0.2) is 53.2 Å². The number of aromatic nitrogens is 1. The number of allylic oxidation sites excluding steroid dienone is 2. The zero-order chi connectivity index (χ0) is 25.0. The summed E-state index contributed by atoms with van der Waals surface area (Å²) in [6, 6.07) is 0.336. The molecule has 0 bridgehead atoms. The van der Waals surface area contributed by atoms with Crippen LogP contribution in [0.25, 0.3) is 0 Å². The Bertz CT molecular complexity index is 1160. The summed E-state index contributed by atoms with van der Waals surface area (Å²) in [5.41, 5.74) is 5.01. The van der Waals surface area contributed by atoms with Crippen LogP contribution in [0.1, 0.15) is 88.1 Å². The third-order valence-corrected chi connectivity index (χ3v) is 11.4. The van der Waals surface area contributed by atoms with Gasteiger partial charge in [-0.05, 0) is 108 Å². The number of nitrogens with one attached hydrogen (secondary N) is 1. The van der Waals surface area contributed by atoms with Crippen molar-refractivity contribution in [2.24, 2.45) is 16.8 Å². The summed E-state index contributed by atoms with van der Waals surface area (Å²) in [7, 11) is 0. The second kappa shape index (κ2) is 9.64. The van der Waals surface area contributed by atoms with Crippen molar-refractivity contribution in [1.82, 2.24) is 15.2 Å². The van der Waals surface area contributed by atoms with Gasteiger partial charge in [-0.25, -0.2) is 4.98 Å². The molecule has 0 radical (unpaired) electrons. The second-order valence-electron chi connectivity index (χ2n) is 12.5. The van der Waals surface area contributed by atoms with Gasteiger partial charge in [-0.3, -0.25) is 14.7 Å². The van der Waals surface area contributed by atoms with Crippen molar-refractivity contribution < 1.29 is 4.79 Å². The lowest BCUT2D eigenvalue weighted by Gasteiger charge is -2.32. The van der Waals surface area contributed by atoms with Crippen LogP contribution in [0.3, 0.4) is 0 Å². The fourth-order valence-electron chi connectivity index (χ4n) is 7.63. The van der Waals surface area contributed by atoms with Gasteiger partial charge >= 0.3 is 0 Å². The average Bonchev–Trinajstić information content (AvgIpc) is 3.24. The smallest absolute Gasteiger partial charge is 0.247 e. The van der Waals surface area contributed by atoms with Gasteiger partial charge in [0.1, 0.15) is 0 Å². The fraction of sp³-hybridized carbons (Fsp3) is 0.700. The van der Waals surface area contributed by atoms with E-state index in [0.717, 1.165) is 68.2 Å². The molecule has 2 saturated carbocycles. The highest BCUT2D eigenvalue weighted by Crippen LogP contribution is 2.57. The summed E-state index contributed by atoms with van der Waals surface area (Å²) >= 11 is 1.97. The van der Waals surface area contributed by atoms with Crippen molar-refractivity contribution in [1.29, 1.82) is 0 Å². The Morgan fingerprint density at radius 3 is 2.84 bits per heavy atom. The molecule has 6 nitrogen and oxygen atoms in total. The zero-order valence-corrected chi connectivity index (χ0v) is 23.1. The van der Waals surface area contributed by atoms with Gasteiger partial charge in [0.05, 0.1) is 11.4 Å². The van der Waals surface area contributed by atoms with Crippen molar-refractivity contribution in [3.8, 4) is 0 Å². The Kier molecular flexibility index (Phi) is 6.27. The SMILES string of the molecule is C[C@]12CC1CCN2c1nc2c(s1)CCN(CCC1CCC(NC(=O)C3=C4CCC=NC4=CCC3)CC1)C2. The molecular weight excluding hydrogens is 478 g/mol. The van der Waals surface area contributed by atoms with Crippen molar-refractivity contribution >= 4 is 28.6 Å². The summed E-state index contributed by atoms with van der Waals surface area (Å²) in [6.07, 6.45) is 17.8. The maximum absolute atomic E-state index is 13.1. The van der Waals surface area contributed by atoms with Crippen molar-refractivity contribution in [2.45, 2.75) is 102 Å². The minimum Gasteiger partial charge on any atom is -0.350 e. The topological polar surface area (TPSA) is 60.8 Å². The van der Waals surface area contributed by atoms with Crippen LogP contribution >= 0.6 is 11.3 Å². The van der Waals surface area contributed by atoms with Crippen molar-refractivity contribution in [3.05, 3.63) is 33.5 Å². The lowest BCUT2D eigenvalue weighted by Crippen LogP contribution is -2.39. The van der Waals surface area contributed by atoms with Crippen LogP contribution in [0.4, 0.5) is 5.13 Å². The fourth-order valence-corrected chi connectivity index (χ4v) is 8.84. The van der Waals surface area contributed by atoms with Gasteiger partial charge in [0, 0.05) is 47.9 Å². The van der Waals surface area contributed by atoms with Crippen LogP contribution in [0.2, 0.25) is 0 Å². The number of thiazole rings is 1. The Morgan fingerprint density at radius 2 is 2.03 bits per heavy atom. The lowest BCUT2D eigenvalue weighted by molar-refractivity contribution is -0.118. The van der Waals surface area contributed by atoms with E-state index in [0.29, 0.717) is 11.6 Å². The van der Waals surface area contributed by atoms with Crippen molar-refractivity contribution in [3.63, 3.8) is 0 Å². The maximum atomic E-state index is 13.1. The van der Waals surface area contributed by atoms with E-state index in [1.807, 2.05) is 17.6 Å². The molecule has 37 heavy (non-hydrogen) atoms. The van der Waals surface area contributed by atoms with Gasteiger partial charge < -0.3 is 10.2 Å². The van der Waals surface area contributed by atoms with Gasteiger partial charge in [0.15, 0.2) is 5.13 Å². The van der Waals surface area contributed by atoms with Crippen LogP contribution < -0.4 is 10.2 Å². The van der Waals surface area contributed by atoms with E-state index in [1.165, 1.54) is 79.4 Å². The van der Waals surface area contributed by atoms with Gasteiger partial charge in [0.2, 0.25) is 5.91 Å². The van der Waals surface area contributed by atoms with Crippen molar-refractivity contribution in [2.75, 3.05) is 24.5 Å². The van der Waals surface area contributed by atoms with Crippen LogP contribution in [0.15, 0.2) is 27.9 Å². The minimum absolute atomic E-state index is 0.174. The molecule has 1 unspecified atom stereocenters. The number of amides is 1. The van der Waals surface area contributed by atoms with Crippen LogP contribution in [0.5, 0.6) is 0 Å². The molecule has 1 aromatic heterocycles. The van der Waals surface area contributed by atoms with Gasteiger partial charge in [-0.1, -0.05) is 6.08 Å². The first-order valence-corrected chi connectivity index (χ1v) is 15.6. The summed E-state index contributed by atoms with van der Waals surface area (Å²) < 4.78 is 0. The summed E-state index contributed by atoms with van der Waals surface area (Å²) in [4.78, 5) is 29.6. The first-order valence-electron chi connectivity index (χ1n) is 14.8. The molecule has 2 atom stereocenters. The molecule has 3 aliphatic carbocycles. The molecule has 198 valence electrons. The Morgan fingerprint density at radius 1 is 1.14 bits per heavy atom. The number of carbonyl (C=O) groups excluding carboxylic acids is 1. The minimum atomic E-state index is 0.174. The molecule has 0 aromatic carbocycles. The molecule has 7 heteroatoms. The molecule has 3 aliphatic heterocycles. The molecule has 6 aliphatic rings. The third-order valence-electron chi connectivity index (χ3n) is 10.2. The first kappa shape index (κ1) is 24.1. The highest BCUT2D eigenvalue weighted by molar-refractivity contribution is 7.15. The molecule has 0 spiro atoms. The third kappa shape index (κ3) is 4.60. The first-order chi connectivity index (χ1) is 18.1. The molecular formula is C30H41N5OS. The largest absolute Gasteiger partial charge is 0.350 e. The van der Waals surface area contributed by atoms with E-state index in [9.17, 15) is 4.79 Å². The number of nitrogens with zero attached hydrogens (tertiary/aromatic N) is 4. The number of carbonyl (C=O) groups is 1. The summed E-state index contributed by atoms with van der Waals surface area (Å²) in [6.45, 7) is 7.03. The number of hydrogen-bond donors (Lipinski definition) is 1. The molecule has 7 rings (SSSR count). The van der Waals surface area contributed by atoms with Gasteiger partial charge in [-0.2, -0.15) is 0 Å². The maximum Gasteiger partial charge on any atom is 0.247 e. The highest BCUT2D eigenvalue weighted by Gasteiger charge is 2.59.